The monoisotopic (exact) mass is 260 g/mol. The molecule has 2 heteroatoms. The number of nitrogens with zero attached hydrogens (tertiary/aromatic N) is 1. The second-order valence-electron chi connectivity index (χ2n) is 6.43. The molecule has 1 fully saturated rings. The Labute approximate surface area is 118 Å². The van der Waals surface area contributed by atoms with Crippen LogP contribution in [0.1, 0.15) is 44.7 Å². The van der Waals surface area contributed by atoms with Crippen LogP contribution in [0, 0.1) is 12.8 Å². The van der Waals surface area contributed by atoms with Crippen molar-refractivity contribution in [2.75, 3.05) is 24.5 Å². The van der Waals surface area contributed by atoms with E-state index >= 15 is 0 Å². The van der Waals surface area contributed by atoms with Crippen molar-refractivity contribution in [3.05, 3.63) is 29.3 Å². The smallest absolute Gasteiger partial charge is 0.0434 e. The Balaban J connectivity index is 2.43. The molecule has 106 valence electrons. The van der Waals surface area contributed by atoms with Gasteiger partial charge < -0.3 is 10.2 Å². The quantitative estimate of drug-likeness (QED) is 0.875. The highest BCUT2D eigenvalue weighted by molar-refractivity contribution is 5.61. The van der Waals surface area contributed by atoms with Gasteiger partial charge in [-0.1, -0.05) is 39.0 Å². The largest absolute Gasteiger partial charge is 0.367 e. The topological polar surface area (TPSA) is 15.3 Å². The van der Waals surface area contributed by atoms with Crippen LogP contribution in [0.15, 0.2) is 18.2 Å². The van der Waals surface area contributed by atoms with Crippen molar-refractivity contribution < 1.29 is 0 Å². The van der Waals surface area contributed by atoms with Gasteiger partial charge in [0.15, 0.2) is 0 Å². The maximum absolute atomic E-state index is 3.57. The van der Waals surface area contributed by atoms with E-state index in [0.29, 0.717) is 17.9 Å². The summed E-state index contributed by atoms with van der Waals surface area (Å²) in [5.41, 5.74) is 4.37. The minimum atomic E-state index is 0.559. The fraction of sp³-hybridized carbons (Fsp3) is 0.647. The molecule has 1 saturated heterocycles. The number of anilines is 1. The second kappa shape index (κ2) is 5.96. The van der Waals surface area contributed by atoms with E-state index in [2.05, 4.69) is 63.0 Å². The number of aryl methyl sites for hydroxylation is 1. The van der Waals surface area contributed by atoms with Crippen molar-refractivity contribution in [3.8, 4) is 0 Å². The summed E-state index contributed by atoms with van der Waals surface area (Å²) in [6.45, 7) is 14.9. The van der Waals surface area contributed by atoms with Crippen LogP contribution in [0.3, 0.4) is 0 Å². The summed E-state index contributed by atoms with van der Waals surface area (Å²) in [6.07, 6.45) is 0. The normalized spacial score (nSPS) is 24.6. The predicted octanol–water partition coefficient (Wildman–Crippen LogP) is 3.55. The lowest BCUT2D eigenvalue weighted by Gasteiger charge is -2.34. The van der Waals surface area contributed by atoms with Crippen molar-refractivity contribution >= 4 is 5.69 Å². The Kier molecular flexibility index (Phi) is 4.51. The zero-order valence-electron chi connectivity index (χ0n) is 13.0. The van der Waals surface area contributed by atoms with Gasteiger partial charge in [-0.2, -0.15) is 0 Å². The Morgan fingerprint density at radius 3 is 2.63 bits per heavy atom. The molecule has 1 aliphatic heterocycles. The molecule has 0 bridgehead atoms. The van der Waals surface area contributed by atoms with Crippen LogP contribution in [0.4, 0.5) is 5.69 Å². The molecule has 1 aliphatic rings. The molecule has 1 aromatic rings. The highest BCUT2D eigenvalue weighted by atomic mass is 15.2. The van der Waals surface area contributed by atoms with Crippen LogP contribution in [0.5, 0.6) is 0 Å². The van der Waals surface area contributed by atoms with Gasteiger partial charge in [-0.25, -0.2) is 0 Å². The minimum Gasteiger partial charge on any atom is -0.367 e. The van der Waals surface area contributed by atoms with Crippen molar-refractivity contribution in [1.29, 1.82) is 0 Å². The van der Waals surface area contributed by atoms with Crippen LogP contribution in [0.25, 0.3) is 0 Å². The lowest BCUT2D eigenvalue weighted by Crippen LogP contribution is -2.39. The first-order valence-corrected chi connectivity index (χ1v) is 7.57. The van der Waals surface area contributed by atoms with Crippen molar-refractivity contribution in [3.63, 3.8) is 0 Å². The first kappa shape index (κ1) is 14.4. The molecule has 0 saturated carbocycles. The van der Waals surface area contributed by atoms with Gasteiger partial charge in [0.25, 0.3) is 0 Å². The molecule has 2 rings (SSSR count). The van der Waals surface area contributed by atoms with Gasteiger partial charge in [0, 0.05) is 24.8 Å². The van der Waals surface area contributed by atoms with Crippen LogP contribution in [-0.2, 0) is 0 Å². The van der Waals surface area contributed by atoms with Gasteiger partial charge in [-0.05, 0) is 43.4 Å². The molecule has 0 aromatic heterocycles. The third kappa shape index (κ3) is 3.11. The number of benzene rings is 1. The highest BCUT2D eigenvalue weighted by Crippen LogP contribution is 2.33. The first-order valence-electron chi connectivity index (χ1n) is 7.57. The third-order valence-electron chi connectivity index (χ3n) is 4.15. The SMILES string of the molecule is Cc1cccc(C(C)C)c1N1CC(C)CNCC1C. The standard InChI is InChI=1S/C17H28N2/c1-12(2)16-8-6-7-14(4)17(16)19-11-13(3)9-18-10-15(19)5/h6-8,12-13,15,18H,9-11H2,1-5H3. The first-order chi connectivity index (χ1) is 9.00. The minimum absolute atomic E-state index is 0.559. The van der Waals surface area contributed by atoms with Gasteiger partial charge in [0.2, 0.25) is 0 Å². The predicted molar refractivity (Wildman–Crippen MR) is 84.1 cm³/mol. The summed E-state index contributed by atoms with van der Waals surface area (Å²) in [4.78, 5) is 2.62. The summed E-state index contributed by atoms with van der Waals surface area (Å²) < 4.78 is 0. The van der Waals surface area contributed by atoms with Gasteiger partial charge >= 0.3 is 0 Å². The fourth-order valence-corrected chi connectivity index (χ4v) is 3.08. The van der Waals surface area contributed by atoms with Crippen LogP contribution < -0.4 is 10.2 Å². The van der Waals surface area contributed by atoms with E-state index < -0.39 is 0 Å². The van der Waals surface area contributed by atoms with Crippen molar-refractivity contribution in [1.82, 2.24) is 5.32 Å². The molecular weight excluding hydrogens is 232 g/mol. The summed E-state index contributed by atoms with van der Waals surface area (Å²) >= 11 is 0. The molecule has 2 atom stereocenters. The molecule has 2 unspecified atom stereocenters. The average Bonchev–Trinajstić information content (AvgIpc) is 2.51. The maximum Gasteiger partial charge on any atom is 0.0434 e. The molecule has 0 amide bonds. The highest BCUT2D eigenvalue weighted by Gasteiger charge is 2.24. The molecule has 0 spiro atoms. The van der Waals surface area contributed by atoms with E-state index in [9.17, 15) is 0 Å². The van der Waals surface area contributed by atoms with Gasteiger partial charge in [0.1, 0.15) is 0 Å². The molecule has 1 N–H and O–H groups in total. The zero-order valence-corrected chi connectivity index (χ0v) is 13.0. The molecule has 1 aromatic carbocycles. The summed E-state index contributed by atoms with van der Waals surface area (Å²) in [5, 5.41) is 3.57. The number of hydrogen-bond acceptors (Lipinski definition) is 2. The number of nitrogens with one attached hydrogen (secondary N) is 1. The Hall–Kier alpha value is -1.02. The zero-order chi connectivity index (χ0) is 14.0. The summed E-state index contributed by atoms with van der Waals surface area (Å²) in [5.74, 6) is 1.28. The second-order valence-corrected chi connectivity index (χ2v) is 6.43. The van der Waals surface area contributed by atoms with Crippen molar-refractivity contribution in [2.24, 2.45) is 5.92 Å². The molecule has 0 radical (unpaired) electrons. The van der Waals surface area contributed by atoms with E-state index in [-0.39, 0.29) is 0 Å². The van der Waals surface area contributed by atoms with E-state index in [4.69, 9.17) is 0 Å². The van der Waals surface area contributed by atoms with E-state index in [0.717, 1.165) is 19.6 Å². The van der Waals surface area contributed by atoms with Gasteiger partial charge in [-0.3, -0.25) is 0 Å². The van der Waals surface area contributed by atoms with Gasteiger partial charge in [0.05, 0.1) is 0 Å². The Morgan fingerprint density at radius 2 is 1.95 bits per heavy atom. The molecule has 19 heavy (non-hydrogen) atoms. The summed E-state index contributed by atoms with van der Waals surface area (Å²) in [7, 11) is 0. The lowest BCUT2D eigenvalue weighted by atomic mass is 9.96. The number of para-hydroxylation sites is 1. The third-order valence-corrected chi connectivity index (χ3v) is 4.15. The van der Waals surface area contributed by atoms with Crippen LogP contribution >= 0.6 is 0 Å². The molecular formula is C17H28N2. The number of rotatable bonds is 2. The Bertz CT molecular complexity index is 425. The van der Waals surface area contributed by atoms with Crippen LogP contribution in [0.2, 0.25) is 0 Å². The van der Waals surface area contributed by atoms with Crippen molar-refractivity contribution in [2.45, 2.75) is 46.6 Å². The van der Waals surface area contributed by atoms with E-state index in [1.807, 2.05) is 0 Å². The molecule has 0 aliphatic carbocycles. The average molecular weight is 260 g/mol. The van der Waals surface area contributed by atoms with Gasteiger partial charge in [-0.15, -0.1) is 0 Å². The maximum atomic E-state index is 3.57. The molecule has 2 nitrogen and oxygen atoms in total. The molecule has 1 heterocycles. The van der Waals surface area contributed by atoms with E-state index in [1.54, 1.807) is 0 Å². The summed E-state index contributed by atoms with van der Waals surface area (Å²) in [6, 6.07) is 7.29. The van der Waals surface area contributed by atoms with E-state index in [1.165, 1.54) is 16.8 Å². The van der Waals surface area contributed by atoms with Crippen LogP contribution in [-0.4, -0.2) is 25.7 Å². The Morgan fingerprint density at radius 1 is 1.21 bits per heavy atom. The lowest BCUT2D eigenvalue weighted by molar-refractivity contribution is 0.562. The number of hydrogen-bond donors (Lipinski definition) is 1. The fourth-order valence-electron chi connectivity index (χ4n) is 3.08.